The van der Waals surface area contributed by atoms with Gasteiger partial charge < -0.3 is 20.9 Å². The van der Waals surface area contributed by atoms with Gasteiger partial charge in [-0.25, -0.2) is 18.6 Å². The number of fused-ring (bicyclic) bond motifs is 1. The van der Waals surface area contributed by atoms with Gasteiger partial charge in [-0.1, -0.05) is 6.07 Å². The van der Waals surface area contributed by atoms with Crippen LogP contribution in [0.2, 0.25) is 0 Å². The van der Waals surface area contributed by atoms with Crippen molar-refractivity contribution >= 4 is 40.0 Å². The SMILES string of the molecule is O=C(Nc1ccc(F)cc1)Nc1cccc(C(=O)c2ccc3ncc(N4CCNCC4)nc3c2)c1F. The van der Waals surface area contributed by atoms with Crippen LogP contribution in [0.3, 0.4) is 0 Å². The first kappa shape index (κ1) is 23.3. The van der Waals surface area contributed by atoms with Gasteiger partial charge in [0.1, 0.15) is 11.6 Å². The largest absolute Gasteiger partial charge is 0.353 e. The van der Waals surface area contributed by atoms with E-state index in [1.54, 1.807) is 24.4 Å². The van der Waals surface area contributed by atoms with E-state index >= 15 is 4.39 Å². The highest BCUT2D eigenvalue weighted by Gasteiger charge is 2.19. The first-order valence-electron chi connectivity index (χ1n) is 11.4. The number of carbonyl (C=O) groups is 2. The van der Waals surface area contributed by atoms with Crippen molar-refractivity contribution in [3.8, 4) is 0 Å². The number of aromatic nitrogens is 2. The maximum atomic E-state index is 15.2. The van der Waals surface area contributed by atoms with Crippen LogP contribution in [0.15, 0.2) is 66.9 Å². The molecule has 0 unspecified atom stereocenters. The highest BCUT2D eigenvalue weighted by Crippen LogP contribution is 2.24. The van der Waals surface area contributed by atoms with Crippen molar-refractivity contribution in [1.82, 2.24) is 15.3 Å². The topological polar surface area (TPSA) is 99.2 Å². The quantitative estimate of drug-likeness (QED) is 0.365. The Balaban J connectivity index is 1.37. The van der Waals surface area contributed by atoms with Gasteiger partial charge in [0.15, 0.2) is 11.6 Å². The van der Waals surface area contributed by atoms with E-state index < -0.39 is 23.4 Å². The second-order valence-electron chi connectivity index (χ2n) is 8.25. The monoisotopic (exact) mass is 488 g/mol. The first-order valence-corrected chi connectivity index (χ1v) is 11.4. The Bertz CT molecular complexity index is 1440. The Morgan fingerprint density at radius 1 is 0.917 bits per heavy atom. The fraction of sp³-hybridized carbons (Fsp3) is 0.154. The average Bonchev–Trinajstić information content (AvgIpc) is 2.90. The minimum atomic E-state index is -0.863. The molecule has 1 saturated heterocycles. The molecule has 36 heavy (non-hydrogen) atoms. The van der Waals surface area contributed by atoms with Crippen molar-refractivity contribution < 1.29 is 18.4 Å². The molecule has 3 aromatic carbocycles. The summed E-state index contributed by atoms with van der Waals surface area (Å²) in [4.78, 5) is 36.7. The maximum Gasteiger partial charge on any atom is 0.323 e. The van der Waals surface area contributed by atoms with Crippen LogP contribution >= 0.6 is 0 Å². The minimum absolute atomic E-state index is 0.165. The van der Waals surface area contributed by atoms with E-state index in [-0.39, 0.29) is 16.8 Å². The summed E-state index contributed by atoms with van der Waals surface area (Å²) in [6, 6.07) is 13.4. The second kappa shape index (κ2) is 10.0. The molecule has 0 atom stereocenters. The number of nitrogens with one attached hydrogen (secondary N) is 3. The van der Waals surface area contributed by atoms with E-state index in [0.29, 0.717) is 16.7 Å². The Hall–Kier alpha value is -4.44. The van der Waals surface area contributed by atoms with Gasteiger partial charge in [-0.2, -0.15) is 0 Å². The van der Waals surface area contributed by atoms with Crippen molar-refractivity contribution in [1.29, 1.82) is 0 Å². The number of hydrogen-bond donors (Lipinski definition) is 3. The molecular formula is C26H22F2N6O2. The number of anilines is 3. The van der Waals surface area contributed by atoms with Gasteiger partial charge in [-0.3, -0.25) is 9.78 Å². The van der Waals surface area contributed by atoms with Gasteiger partial charge in [0.25, 0.3) is 0 Å². The van der Waals surface area contributed by atoms with Gasteiger partial charge in [0.2, 0.25) is 0 Å². The minimum Gasteiger partial charge on any atom is -0.353 e. The zero-order chi connectivity index (χ0) is 25.1. The number of piperazine rings is 1. The summed E-state index contributed by atoms with van der Waals surface area (Å²) in [7, 11) is 0. The zero-order valence-electron chi connectivity index (χ0n) is 19.1. The number of hydrogen-bond acceptors (Lipinski definition) is 6. The molecule has 1 fully saturated rings. The number of urea groups is 1. The molecule has 0 aliphatic carbocycles. The third kappa shape index (κ3) is 4.98. The lowest BCUT2D eigenvalue weighted by molar-refractivity contribution is 0.103. The van der Waals surface area contributed by atoms with Crippen molar-refractivity contribution in [2.45, 2.75) is 0 Å². The normalized spacial score (nSPS) is 13.4. The van der Waals surface area contributed by atoms with E-state index in [1.165, 1.54) is 42.5 Å². The Morgan fingerprint density at radius 2 is 1.69 bits per heavy atom. The number of rotatable bonds is 5. The fourth-order valence-electron chi connectivity index (χ4n) is 3.97. The van der Waals surface area contributed by atoms with Gasteiger partial charge in [-0.15, -0.1) is 0 Å². The van der Waals surface area contributed by atoms with Crippen LogP contribution in [0.25, 0.3) is 11.0 Å². The fourth-order valence-corrected chi connectivity index (χ4v) is 3.97. The molecule has 8 nitrogen and oxygen atoms in total. The predicted octanol–water partition coefficient (Wildman–Crippen LogP) is 4.19. The number of carbonyl (C=O) groups excluding carboxylic acids is 2. The molecule has 10 heteroatoms. The molecule has 0 radical (unpaired) electrons. The van der Waals surface area contributed by atoms with Crippen LogP contribution in [0.1, 0.15) is 15.9 Å². The van der Waals surface area contributed by atoms with Gasteiger partial charge >= 0.3 is 6.03 Å². The molecular weight excluding hydrogens is 466 g/mol. The number of amides is 2. The lowest BCUT2D eigenvalue weighted by Gasteiger charge is -2.28. The van der Waals surface area contributed by atoms with Crippen LogP contribution < -0.4 is 20.9 Å². The van der Waals surface area contributed by atoms with Crippen LogP contribution in [-0.2, 0) is 0 Å². The summed E-state index contributed by atoms with van der Waals surface area (Å²) in [5.41, 5.74) is 1.38. The number of ketones is 1. The van der Waals surface area contributed by atoms with E-state index in [9.17, 15) is 14.0 Å². The third-order valence-corrected chi connectivity index (χ3v) is 5.83. The summed E-state index contributed by atoms with van der Waals surface area (Å²) in [6.07, 6.45) is 1.71. The number of benzene rings is 3. The summed E-state index contributed by atoms with van der Waals surface area (Å²) in [5, 5.41) is 8.16. The van der Waals surface area contributed by atoms with E-state index in [4.69, 9.17) is 0 Å². The molecule has 2 amide bonds. The molecule has 1 aliphatic rings. The van der Waals surface area contributed by atoms with E-state index in [2.05, 4.69) is 30.8 Å². The molecule has 3 N–H and O–H groups in total. The van der Waals surface area contributed by atoms with Crippen molar-refractivity contribution in [2.24, 2.45) is 0 Å². The Morgan fingerprint density at radius 3 is 2.47 bits per heavy atom. The van der Waals surface area contributed by atoms with Crippen molar-refractivity contribution in [2.75, 3.05) is 41.7 Å². The molecule has 0 bridgehead atoms. The molecule has 5 rings (SSSR count). The third-order valence-electron chi connectivity index (χ3n) is 5.83. The predicted molar refractivity (Wildman–Crippen MR) is 133 cm³/mol. The van der Waals surface area contributed by atoms with E-state index in [0.717, 1.165) is 32.0 Å². The molecule has 182 valence electrons. The smallest absolute Gasteiger partial charge is 0.323 e. The number of nitrogens with zero attached hydrogens (tertiary/aromatic N) is 3. The molecule has 2 heterocycles. The second-order valence-corrected chi connectivity index (χ2v) is 8.25. The summed E-state index contributed by atoms with van der Waals surface area (Å²) < 4.78 is 28.3. The molecule has 1 aliphatic heterocycles. The summed E-state index contributed by atoms with van der Waals surface area (Å²) in [6.45, 7) is 3.31. The van der Waals surface area contributed by atoms with Crippen LogP contribution in [0.5, 0.6) is 0 Å². The van der Waals surface area contributed by atoms with Gasteiger partial charge in [0, 0.05) is 37.4 Å². The highest BCUT2D eigenvalue weighted by molar-refractivity contribution is 6.11. The number of halogens is 2. The summed E-state index contributed by atoms with van der Waals surface area (Å²) >= 11 is 0. The lowest BCUT2D eigenvalue weighted by atomic mass is 10.0. The van der Waals surface area contributed by atoms with Gasteiger partial charge in [-0.05, 0) is 54.6 Å². The maximum absolute atomic E-state index is 15.2. The van der Waals surface area contributed by atoms with Crippen LogP contribution in [0.4, 0.5) is 30.8 Å². The molecule has 0 saturated carbocycles. The summed E-state index contributed by atoms with van der Waals surface area (Å²) in [5.74, 6) is -1.14. The molecule has 1 aromatic heterocycles. The average molecular weight is 488 g/mol. The lowest BCUT2D eigenvalue weighted by Crippen LogP contribution is -2.43. The van der Waals surface area contributed by atoms with Crippen LogP contribution in [0, 0.1) is 11.6 Å². The Kier molecular flexibility index (Phi) is 6.50. The van der Waals surface area contributed by atoms with Gasteiger partial charge in [0.05, 0.1) is 28.5 Å². The van der Waals surface area contributed by atoms with E-state index in [1.807, 2.05) is 0 Å². The molecule has 0 spiro atoms. The van der Waals surface area contributed by atoms with Crippen molar-refractivity contribution in [3.05, 3.63) is 89.6 Å². The molecule has 4 aromatic rings. The highest BCUT2D eigenvalue weighted by atomic mass is 19.1. The standard InChI is InChI=1S/C26H22F2N6O2/c27-17-5-7-18(8-6-17)31-26(36)33-21-3-1-2-19(24(21)28)25(35)16-4-9-20-22(14-16)32-23(15-30-20)34-12-10-29-11-13-34/h1-9,14-15,29H,10-13H2,(H2,31,33,36). The first-order chi connectivity index (χ1) is 17.5. The Labute approximate surface area is 205 Å². The van der Waals surface area contributed by atoms with Crippen LogP contribution in [-0.4, -0.2) is 48.0 Å². The van der Waals surface area contributed by atoms with Crippen molar-refractivity contribution in [3.63, 3.8) is 0 Å². The zero-order valence-corrected chi connectivity index (χ0v) is 19.1.